The highest BCUT2D eigenvalue weighted by molar-refractivity contribution is 5.95. The molecule has 1 aromatic heterocycles. The molecule has 3 rings (SSSR count). The predicted molar refractivity (Wildman–Crippen MR) is 102 cm³/mol. The number of hydrogen-bond acceptors (Lipinski definition) is 3. The van der Waals surface area contributed by atoms with Gasteiger partial charge in [-0.2, -0.15) is 5.10 Å². The second-order valence-electron chi connectivity index (χ2n) is 6.41. The number of nitrogens with one attached hydrogen (secondary N) is 2. The van der Waals surface area contributed by atoms with Crippen LogP contribution in [0.2, 0.25) is 0 Å². The van der Waals surface area contributed by atoms with Crippen molar-refractivity contribution >= 4 is 18.3 Å². The van der Waals surface area contributed by atoms with Crippen LogP contribution < -0.4 is 10.6 Å². The highest BCUT2D eigenvalue weighted by atomic mass is 35.5. The lowest BCUT2D eigenvalue weighted by Crippen LogP contribution is -2.45. The van der Waals surface area contributed by atoms with E-state index in [1.165, 1.54) is 5.56 Å². The molecule has 0 saturated carbocycles. The maximum Gasteiger partial charge on any atom is 0.255 e. The van der Waals surface area contributed by atoms with E-state index in [0.29, 0.717) is 6.54 Å². The quantitative estimate of drug-likeness (QED) is 0.830. The molecule has 0 bridgehead atoms. The minimum atomic E-state index is 0. The van der Waals surface area contributed by atoms with Gasteiger partial charge < -0.3 is 10.6 Å². The fraction of sp³-hybridized carbons (Fsp3) is 0.474. The third-order valence-corrected chi connectivity index (χ3v) is 4.49. The molecular formula is C19H27ClN4O. The summed E-state index contributed by atoms with van der Waals surface area (Å²) >= 11 is 0. The minimum Gasteiger partial charge on any atom is -0.348 e. The maximum absolute atomic E-state index is 12.7. The first-order valence-corrected chi connectivity index (χ1v) is 8.88. The van der Waals surface area contributed by atoms with Crippen LogP contribution in [0.4, 0.5) is 0 Å². The van der Waals surface area contributed by atoms with Gasteiger partial charge in [-0.1, -0.05) is 43.7 Å². The van der Waals surface area contributed by atoms with Crippen molar-refractivity contribution < 1.29 is 4.79 Å². The monoisotopic (exact) mass is 362 g/mol. The number of benzene rings is 1. The smallest absolute Gasteiger partial charge is 0.255 e. The first-order valence-electron chi connectivity index (χ1n) is 8.88. The van der Waals surface area contributed by atoms with E-state index >= 15 is 0 Å². The summed E-state index contributed by atoms with van der Waals surface area (Å²) in [5, 5.41) is 11.0. The third-order valence-electron chi connectivity index (χ3n) is 4.49. The molecule has 6 heteroatoms. The molecule has 1 aromatic carbocycles. The van der Waals surface area contributed by atoms with E-state index in [2.05, 4.69) is 34.8 Å². The van der Waals surface area contributed by atoms with Crippen LogP contribution in [-0.2, 0) is 13.0 Å². The first-order chi connectivity index (χ1) is 11.8. The van der Waals surface area contributed by atoms with Crippen LogP contribution in [0.15, 0.2) is 36.5 Å². The van der Waals surface area contributed by atoms with E-state index in [4.69, 9.17) is 0 Å². The van der Waals surface area contributed by atoms with E-state index in [1.807, 2.05) is 22.9 Å². The summed E-state index contributed by atoms with van der Waals surface area (Å²) in [5.41, 5.74) is 2.95. The molecule has 0 unspecified atom stereocenters. The molecule has 1 saturated heterocycles. The topological polar surface area (TPSA) is 59.0 Å². The normalized spacial score (nSPS) is 16.9. The largest absolute Gasteiger partial charge is 0.348 e. The van der Waals surface area contributed by atoms with Crippen molar-refractivity contribution in [2.75, 3.05) is 13.1 Å². The Hall–Kier alpha value is -1.85. The van der Waals surface area contributed by atoms with Crippen molar-refractivity contribution in [2.45, 2.75) is 45.2 Å². The van der Waals surface area contributed by atoms with Gasteiger partial charge >= 0.3 is 0 Å². The first kappa shape index (κ1) is 19.5. The zero-order valence-corrected chi connectivity index (χ0v) is 15.5. The highest BCUT2D eigenvalue weighted by Crippen LogP contribution is 2.14. The van der Waals surface area contributed by atoms with Crippen LogP contribution in [0.1, 0.15) is 47.8 Å². The van der Waals surface area contributed by atoms with Crippen LogP contribution >= 0.6 is 12.4 Å². The number of piperidine rings is 1. The van der Waals surface area contributed by atoms with Gasteiger partial charge in [-0.15, -0.1) is 12.4 Å². The van der Waals surface area contributed by atoms with Crippen molar-refractivity contribution in [1.82, 2.24) is 20.4 Å². The number of halogens is 1. The van der Waals surface area contributed by atoms with Crippen LogP contribution in [0.25, 0.3) is 0 Å². The number of nitrogens with zero attached hydrogens (tertiary/aromatic N) is 2. The molecule has 1 aliphatic heterocycles. The average Bonchev–Trinajstić information content (AvgIpc) is 3.00. The Bertz CT molecular complexity index is 665. The molecule has 25 heavy (non-hydrogen) atoms. The Morgan fingerprint density at radius 1 is 1.36 bits per heavy atom. The lowest BCUT2D eigenvalue weighted by Gasteiger charge is -2.23. The fourth-order valence-electron chi connectivity index (χ4n) is 3.23. The zero-order valence-electron chi connectivity index (χ0n) is 14.7. The average molecular weight is 363 g/mol. The van der Waals surface area contributed by atoms with E-state index in [1.54, 1.807) is 6.20 Å². The summed E-state index contributed by atoms with van der Waals surface area (Å²) in [6.07, 6.45) is 5.73. The SMILES string of the molecule is CCCc1c(C(=O)N[C@H]2CCCNC2)cnn1Cc1ccccc1.Cl. The Morgan fingerprint density at radius 3 is 2.84 bits per heavy atom. The zero-order chi connectivity index (χ0) is 16.8. The van der Waals surface area contributed by atoms with Gasteiger partial charge in [0.2, 0.25) is 0 Å². The predicted octanol–water partition coefficient (Wildman–Crippen LogP) is 2.79. The Balaban J connectivity index is 0.00000225. The van der Waals surface area contributed by atoms with Crippen LogP contribution in [0.3, 0.4) is 0 Å². The lowest BCUT2D eigenvalue weighted by molar-refractivity contribution is 0.0929. The second kappa shape index (κ2) is 9.59. The Labute approximate surface area is 155 Å². The van der Waals surface area contributed by atoms with Crippen molar-refractivity contribution in [2.24, 2.45) is 0 Å². The fourth-order valence-corrected chi connectivity index (χ4v) is 3.23. The second-order valence-corrected chi connectivity index (χ2v) is 6.41. The summed E-state index contributed by atoms with van der Waals surface area (Å²) in [6, 6.07) is 10.5. The van der Waals surface area contributed by atoms with Crippen LogP contribution in [-0.4, -0.2) is 34.8 Å². The third kappa shape index (κ3) is 5.06. The molecule has 0 aliphatic carbocycles. The molecule has 5 nitrogen and oxygen atoms in total. The molecule has 2 aromatic rings. The van der Waals surface area contributed by atoms with Gasteiger partial charge in [-0.25, -0.2) is 0 Å². The van der Waals surface area contributed by atoms with E-state index in [-0.39, 0.29) is 24.4 Å². The maximum atomic E-state index is 12.7. The summed E-state index contributed by atoms with van der Waals surface area (Å²) in [7, 11) is 0. The van der Waals surface area contributed by atoms with Gasteiger partial charge in [0.25, 0.3) is 5.91 Å². The number of amides is 1. The van der Waals surface area contributed by atoms with Gasteiger partial charge in [0.05, 0.1) is 24.0 Å². The number of aromatic nitrogens is 2. The Morgan fingerprint density at radius 2 is 2.16 bits per heavy atom. The number of hydrogen-bond donors (Lipinski definition) is 2. The van der Waals surface area contributed by atoms with Crippen molar-refractivity contribution in [3.63, 3.8) is 0 Å². The molecule has 1 atom stereocenters. The van der Waals surface area contributed by atoms with E-state index in [0.717, 1.165) is 50.0 Å². The molecule has 2 N–H and O–H groups in total. The molecule has 1 aliphatic rings. The standard InChI is InChI=1S/C19H26N4O.ClH/c1-2-7-18-17(19(24)22-16-10-6-11-20-12-16)13-21-23(18)14-15-8-4-3-5-9-15;/h3-5,8-9,13,16,20H,2,6-7,10-12,14H2,1H3,(H,22,24);1H/t16-;/m0./s1. The van der Waals surface area contributed by atoms with Crippen LogP contribution in [0, 0.1) is 0 Å². The molecule has 2 heterocycles. The van der Waals surface area contributed by atoms with Crippen molar-refractivity contribution in [3.05, 3.63) is 53.3 Å². The van der Waals surface area contributed by atoms with E-state index in [9.17, 15) is 4.79 Å². The minimum absolute atomic E-state index is 0. The summed E-state index contributed by atoms with van der Waals surface area (Å²) in [5.74, 6) is 0.00598. The van der Waals surface area contributed by atoms with Crippen molar-refractivity contribution in [3.8, 4) is 0 Å². The number of carbonyl (C=O) groups excluding carboxylic acids is 1. The highest BCUT2D eigenvalue weighted by Gasteiger charge is 2.21. The lowest BCUT2D eigenvalue weighted by atomic mass is 10.1. The van der Waals surface area contributed by atoms with Gasteiger partial charge in [0, 0.05) is 12.6 Å². The number of rotatable bonds is 6. The van der Waals surface area contributed by atoms with Crippen molar-refractivity contribution in [1.29, 1.82) is 0 Å². The van der Waals surface area contributed by atoms with Gasteiger partial charge in [0.15, 0.2) is 0 Å². The molecule has 1 fully saturated rings. The molecule has 0 radical (unpaired) electrons. The van der Waals surface area contributed by atoms with Gasteiger partial charge in [0.1, 0.15) is 0 Å². The number of carbonyl (C=O) groups is 1. The van der Waals surface area contributed by atoms with Crippen LogP contribution in [0.5, 0.6) is 0 Å². The summed E-state index contributed by atoms with van der Waals surface area (Å²) in [4.78, 5) is 12.7. The Kier molecular flexibility index (Phi) is 7.47. The molecule has 136 valence electrons. The van der Waals surface area contributed by atoms with E-state index < -0.39 is 0 Å². The van der Waals surface area contributed by atoms with Gasteiger partial charge in [-0.3, -0.25) is 9.48 Å². The molecular weight excluding hydrogens is 336 g/mol. The molecule has 0 spiro atoms. The summed E-state index contributed by atoms with van der Waals surface area (Å²) in [6.45, 7) is 4.73. The summed E-state index contributed by atoms with van der Waals surface area (Å²) < 4.78 is 1.97. The molecule has 1 amide bonds. The van der Waals surface area contributed by atoms with Gasteiger partial charge in [-0.05, 0) is 31.4 Å².